The number of hydrogen-bond donors (Lipinski definition) is 0. The summed E-state index contributed by atoms with van der Waals surface area (Å²) in [7, 11) is -4.16. The molecule has 0 spiro atoms. The van der Waals surface area contributed by atoms with Gasteiger partial charge in [-0.15, -0.1) is 0 Å². The van der Waals surface area contributed by atoms with Gasteiger partial charge in [-0.05, 0) is 24.6 Å². The Kier molecular flexibility index (Phi) is 7.28. The summed E-state index contributed by atoms with van der Waals surface area (Å²) in [5.41, 5.74) is 0.554. The van der Waals surface area contributed by atoms with Crippen molar-refractivity contribution in [2.75, 3.05) is 31.0 Å². The Morgan fingerprint density at radius 1 is 1.04 bits per heavy atom. The molecule has 1 rings (SSSR count). The van der Waals surface area contributed by atoms with E-state index in [9.17, 15) is 16.8 Å². The molecule has 8 heteroatoms. The van der Waals surface area contributed by atoms with Crippen LogP contribution >= 0.6 is 0 Å². The molecule has 0 fully saturated rings. The Hall–Kier alpha value is -0.863. The molecule has 2 radical (unpaired) electrons. The Balaban J connectivity index is 3.02. The molecule has 0 atom stereocenters. The minimum atomic E-state index is -3.50. The van der Waals surface area contributed by atoms with Crippen LogP contribution in [0.5, 0.6) is 0 Å². The first-order chi connectivity index (χ1) is 10.6. The smallest absolute Gasteiger partial charge is 0.177 e. The van der Waals surface area contributed by atoms with Crippen molar-refractivity contribution in [1.29, 1.82) is 0 Å². The minimum Gasteiger partial charge on any atom is -0.374 e. The zero-order valence-electron chi connectivity index (χ0n) is 14.2. The fraction of sp³-hybridized carbons (Fsp3) is 0.600. The van der Waals surface area contributed by atoms with Crippen LogP contribution in [0.4, 0.5) is 5.69 Å². The van der Waals surface area contributed by atoms with Crippen molar-refractivity contribution in [2.24, 2.45) is 0 Å². The van der Waals surface area contributed by atoms with Crippen molar-refractivity contribution in [1.82, 2.24) is 0 Å². The van der Waals surface area contributed by atoms with Crippen molar-refractivity contribution in [3.8, 4) is 0 Å². The summed E-state index contributed by atoms with van der Waals surface area (Å²) in [6.45, 7) is 2.91. The zero-order valence-corrected chi connectivity index (χ0v) is 16.8. The van der Waals surface area contributed by atoms with Crippen LogP contribution in [0.2, 0.25) is 12.1 Å². The summed E-state index contributed by atoms with van der Waals surface area (Å²) in [6, 6.07) is 6.68. The third-order valence-electron chi connectivity index (χ3n) is 3.44. The van der Waals surface area contributed by atoms with E-state index in [1.165, 1.54) is 24.6 Å². The van der Waals surface area contributed by atoms with Crippen LogP contribution in [0.15, 0.2) is 28.0 Å². The highest BCUT2D eigenvalue weighted by Gasteiger charge is 2.19. The lowest BCUT2D eigenvalue weighted by atomic mass is 10.3. The monoisotopic (exact) mass is 375 g/mol. The van der Waals surface area contributed by atoms with Crippen LogP contribution in [-0.2, 0) is 19.7 Å². The summed E-state index contributed by atoms with van der Waals surface area (Å²) >= 11 is 0. The Morgan fingerprint density at radius 3 is 2.22 bits per heavy atom. The average Bonchev–Trinajstić information content (AvgIpc) is 2.44. The second-order valence-electron chi connectivity index (χ2n) is 5.70. The van der Waals surface area contributed by atoms with E-state index in [4.69, 9.17) is 0 Å². The van der Waals surface area contributed by atoms with E-state index in [2.05, 4.69) is 6.92 Å². The quantitative estimate of drug-likeness (QED) is 0.489. The largest absolute Gasteiger partial charge is 0.374 e. The molecule has 130 valence electrons. The molecule has 23 heavy (non-hydrogen) atoms. The normalized spacial score (nSPS) is 12.3. The molecular formula is C15H25NO4S2Si. The fourth-order valence-electron chi connectivity index (χ4n) is 2.20. The Morgan fingerprint density at radius 2 is 1.70 bits per heavy atom. The molecule has 0 aromatic heterocycles. The summed E-state index contributed by atoms with van der Waals surface area (Å²) < 4.78 is 47.4. The van der Waals surface area contributed by atoms with Gasteiger partial charge in [0.25, 0.3) is 0 Å². The number of hydrogen-bond acceptors (Lipinski definition) is 5. The van der Waals surface area contributed by atoms with Gasteiger partial charge in [-0.25, -0.2) is 16.8 Å². The fourth-order valence-corrected chi connectivity index (χ4v) is 4.88. The maximum absolute atomic E-state index is 12.0. The van der Waals surface area contributed by atoms with Gasteiger partial charge >= 0.3 is 0 Å². The molecule has 0 unspecified atom stereocenters. The second-order valence-corrected chi connectivity index (χ2v) is 11.2. The highest BCUT2D eigenvalue weighted by atomic mass is 32.2. The zero-order chi connectivity index (χ0) is 17.7. The highest BCUT2D eigenvalue weighted by Crippen LogP contribution is 2.27. The van der Waals surface area contributed by atoms with E-state index in [-0.39, 0.29) is 9.79 Å². The third kappa shape index (κ3) is 6.27. The van der Waals surface area contributed by atoms with E-state index in [1.54, 1.807) is 6.07 Å². The van der Waals surface area contributed by atoms with Crippen molar-refractivity contribution in [3.05, 3.63) is 18.2 Å². The lowest BCUT2D eigenvalue weighted by molar-refractivity contribution is 0.600. The molecule has 1 aromatic carbocycles. The van der Waals surface area contributed by atoms with E-state index < -0.39 is 19.7 Å². The maximum Gasteiger partial charge on any atom is 0.177 e. The average molecular weight is 376 g/mol. The molecule has 0 saturated carbocycles. The van der Waals surface area contributed by atoms with Crippen LogP contribution in [-0.4, -0.2) is 52.5 Å². The molecule has 1 aromatic rings. The lowest BCUT2D eigenvalue weighted by Gasteiger charge is -2.22. The van der Waals surface area contributed by atoms with E-state index in [0.717, 1.165) is 41.0 Å². The molecule has 0 saturated heterocycles. The van der Waals surface area contributed by atoms with Crippen LogP contribution in [0, 0.1) is 0 Å². The third-order valence-corrected chi connectivity index (χ3v) is 7.24. The van der Waals surface area contributed by atoms with Gasteiger partial charge in [0.2, 0.25) is 0 Å². The van der Waals surface area contributed by atoms with Crippen molar-refractivity contribution in [2.45, 2.75) is 41.6 Å². The molecule has 5 nitrogen and oxygen atoms in total. The van der Waals surface area contributed by atoms with E-state index in [0.29, 0.717) is 5.69 Å². The van der Waals surface area contributed by atoms with Gasteiger partial charge in [-0.2, -0.15) is 0 Å². The Labute approximate surface area is 142 Å². The highest BCUT2D eigenvalue weighted by molar-refractivity contribution is 7.91. The second kappa shape index (κ2) is 8.30. The van der Waals surface area contributed by atoms with E-state index in [1.807, 2.05) is 11.9 Å². The number of anilines is 1. The number of rotatable bonds is 9. The van der Waals surface area contributed by atoms with Gasteiger partial charge in [-0.1, -0.05) is 25.4 Å². The first kappa shape index (κ1) is 20.2. The Bertz CT molecular complexity index is 730. The predicted molar refractivity (Wildman–Crippen MR) is 96.2 cm³/mol. The number of benzene rings is 1. The van der Waals surface area contributed by atoms with Gasteiger partial charge in [-0.3, -0.25) is 0 Å². The first-order valence-corrected chi connectivity index (χ1v) is 12.7. The molecule has 0 aliphatic rings. The van der Waals surface area contributed by atoms with Gasteiger partial charge in [0.05, 0.1) is 15.5 Å². The summed E-state index contributed by atoms with van der Waals surface area (Å²) in [5, 5.41) is 0. The molecule has 0 N–H and O–H groups in total. The molecule has 0 aliphatic heterocycles. The van der Waals surface area contributed by atoms with Crippen LogP contribution in [0.1, 0.15) is 19.8 Å². The van der Waals surface area contributed by atoms with Gasteiger partial charge in [0, 0.05) is 35.6 Å². The van der Waals surface area contributed by atoms with Gasteiger partial charge in [0.1, 0.15) is 0 Å². The van der Waals surface area contributed by atoms with Crippen molar-refractivity contribution < 1.29 is 16.8 Å². The van der Waals surface area contributed by atoms with E-state index >= 15 is 0 Å². The number of sulfone groups is 2. The van der Waals surface area contributed by atoms with Crippen LogP contribution in [0.3, 0.4) is 0 Å². The summed E-state index contributed by atoms with van der Waals surface area (Å²) in [6.07, 6.45) is 4.37. The first-order valence-electron chi connectivity index (χ1n) is 7.53. The van der Waals surface area contributed by atoms with Gasteiger partial charge in [0.15, 0.2) is 19.7 Å². The molecule has 0 heterocycles. The minimum absolute atomic E-state index is 0.0273. The van der Waals surface area contributed by atoms with Crippen LogP contribution in [0.25, 0.3) is 0 Å². The maximum atomic E-state index is 12.0. The van der Waals surface area contributed by atoms with Crippen molar-refractivity contribution >= 4 is 34.9 Å². The molecular weight excluding hydrogens is 350 g/mol. The molecule has 0 aliphatic carbocycles. The summed E-state index contributed by atoms with van der Waals surface area (Å²) in [5.74, 6) is 0. The van der Waals surface area contributed by atoms with Crippen molar-refractivity contribution in [3.63, 3.8) is 0 Å². The number of nitrogens with zero attached hydrogens (tertiary/aromatic N) is 1. The summed E-state index contributed by atoms with van der Waals surface area (Å²) in [4.78, 5) is 1.98. The van der Waals surface area contributed by atoms with Gasteiger partial charge < -0.3 is 4.90 Å². The van der Waals surface area contributed by atoms with Crippen LogP contribution < -0.4 is 4.90 Å². The topological polar surface area (TPSA) is 71.5 Å². The standard InChI is InChI=1S/C15H25NO4S2Si/c1-5-10-23-11-6-9-16(2)14-8-7-13(21(3,17)18)12-15(14)22(4,19)20/h7-8,12H,5-6,9-11H2,1-4H3. The SMILES string of the molecule is CCC[Si]CCCN(C)c1ccc(S(C)(=O)=O)cc1S(C)(=O)=O. The molecule has 0 amide bonds. The molecule has 0 bridgehead atoms. The lowest BCUT2D eigenvalue weighted by Crippen LogP contribution is -2.21. The predicted octanol–water partition coefficient (Wildman–Crippen LogP) is 2.27.